The molecule has 1 aromatic rings. The fraction of sp³-hybridized carbons (Fsp3) is 0.500. The molecule has 0 N–H and O–H groups in total. The topological polar surface area (TPSA) is 35.0 Å². The van der Waals surface area contributed by atoms with E-state index in [1.54, 1.807) is 0 Å². The molecule has 0 radical (unpaired) electrons. The van der Waals surface area contributed by atoms with Crippen molar-refractivity contribution in [1.82, 2.24) is 9.97 Å². The van der Waals surface area contributed by atoms with Gasteiger partial charge in [-0.25, -0.2) is 9.97 Å². The van der Waals surface area contributed by atoms with Gasteiger partial charge in [0, 0.05) is 12.4 Å². The average molecular weight is 344 g/mol. The van der Waals surface area contributed by atoms with Gasteiger partial charge in [0.1, 0.15) is 0 Å². The van der Waals surface area contributed by atoms with Crippen molar-refractivity contribution in [2.24, 2.45) is 0 Å². The average Bonchev–Trinajstić information content (AvgIpc) is 2.37. The number of rotatable bonds is 3. The second-order valence-electron chi connectivity index (χ2n) is 5.07. The van der Waals surface area contributed by atoms with Crippen molar-refractivity contribution in [3.63, 3.8) is 0 Å². The normalized spacial score (nSPS) is 14.6. The largest absolute Gasteiger partial charge is 0.506 e. The fourth-order valence-corrected chi connectivity index (χ4v) is 4.56. The van der Waals surface area contributed by atoms with Gasteiger partial charge in [-0.2, -0.15) is 26.3 Å². The van der Waals surface area contributed by atoms with E-state index in [1.165, 1.54) is 13.1 Å². The molecular weight excluding hydrogens is 330 g/mol. The van der Waals surface area contributed by atoms with Crippen LogP contribution in [0.25, 0.3) is 0 Å². The molecule has 0 amide bonds. The van der Waals surface area contributed by atoms with Crippen LogP contribution in [0.5, 0.6) is 0 Å². The summed E-state index contributed by atoms with van der Waals surface area (Å²) in [5.41, 5.74) is -0.911. The number of aromatic nitrogens is 2. The minimum absolute atomic E-state index is 0.209. The van der Waals surface area contributed by atoms with E-state index in [-0.39, 0.29) is 10.6 Å². The molecule has 22 heavy (non-hydrogen) atoms. The first kappa shape index (κ1) is 18.5. The third-order valence-electron chi connectivity index (χ3n) is 3.16. The first-order valence-corrected chi connectivity index (χ1v) is 9.04. The number of allylic oxidation sites excluding steroid dienone is 1. The van der Waals surface area contributed by atoms with Crippen LogP contribution in [0.3, 0.4) is 0 Å². The predicted molar refractivity (Wildman–Crippen MR) is 69.9 cm³/mol. The molecule has 0 unspecified atom stereocenters. The maximum Gasteiger partial charge on any atom is 0.451 e. The van der Waals surface area contributed by atoms with Crippen LogP contribution in [0.4, 0.5) is 26.3 Å². The van der Waals surface area contributed by atoms with Gasteiger partial charge in [-0.1, -0.05) is 13.1 Å². The van der Waals surface area contributed by atoms with Crippen LogP contribution in [0.1, 0.15) is 12.7 Å². The van der Waals surface area contributed by atoms with Crippen LogP contribution < -0.4 is 5.19 Å². The molecule has 0 aromatic carbocycles. The van der Waals surface area contributed by atoms with E-state index in [4.69, 9.17) is 4.74 Å². The lowest BCUT2D eigenvalue weighted by atomic mass is 10.3. The summed E-state index contributed by atoms with van der Waals surface area (Å²) < 4.78 is 80.8. The van der Waals surface area contributed by atoms with Gasteiger partial charge < -0.3 is 4.74 Å². The number of methoxy groups -OCH3 is 1. The molecule has 0 aliphatic rings. The highest BCUT2D eigenvalue weighted by Crippen LogP contribution is 2.32. The van der Waals surface area contributed by atoms with E-state index in [2.05, 4.69) is 9.97 Å². The lowest BCUT2D eigenvalue weighted by Gasteiger charge is -2.27. The summed E-state index contributed by atoms with van der Waals surface area (Å²) in [6.07, 6.45) is -7.47. The number of alkyl halides is 6. The van der Waals surface area contributed by atoms with Crippen LogP contribution in [0.15, 0.2) is 23.3 Å². The Labute approximate surface area is 124 Å². The monoisotopic (exact) mass is 344 g/mol. The van der Waals surface area contributed by atoms with Crippen molar-refractivity contribution in [1.29, 1.82) is 0 Å². The van der Waals surface area contributed by atoms with Gasteiger partial charge in [0.05, 0.1) is 18.1 Å². The van der Waals surface area contributed by atoms with Crippen LogP contribution in [0.2, 0.25) is 13.1 Å². The molecule has 0 aliphatic carbocycles. The van der Waals surface area contributed by atoms with Gasteiger partial charge in [0.15, 0.2) is 8.07 Å². The Kier molecular flexibility index (Phi) is 4.95. The van der Waals surface area contributed by atoms with Gasteiger partial charge in [-0.3, -0.25) is 0 Å². The summed E-state index contributed by atoms with van der Waals surface area (Å²) in [5, 5.41) is -0.0655. The molecule has 1 heterocycles. The zero-order valence-corrected chi connectivity index (χ0v) is 13.2. The molecule has 3 nitrogen and oxygen atoms in total. The smallest absolute Gasteiger partial charge is 0.451 e. The SMILES string of the molecule is CO/C(=C(\C)C(F)(F)F)[Si](C)(C)c1cnc(C(F)(F)F)nc1. The Balaban J connectivity index is 3.34. The summed E-state index contributed by atoms with van der Waals surface area (Å²) in [7, 11) is -1.92. The van der Waals surface area contributed by atoms with Crippen molar-refractivity contribution >= 4 is 13.3 Å². The van der Waals surface area contributed by atoms with Gasteiger partial charge in [0.2, 0.25) is 5.82 Å². The molecule has 0 saturated heterocycles. The van der Waals surface area contributed by atoms with E-state index in [1.807, 2.05) is 0 Å². The molecule has 1 rings (SSSR count). The summed E-state index contributed by atoms with van der Waals surface area (Å²) in [6.45, 7) is 3.92. The maximum atomic E-state index is 12.9. The Bertz CT molecular complexity index is 562. The first-order valence-electron chi connectivity index (χ1n) is 6.04. The summed E-state index contributed by atoms with van der Waals surface area (Å²) >= 11 is 0. The Morgan fingerprint density at radius 1 is 1.05 bits per heavy atom. The predicted octanol–water partition coefficient (Wildman–Crippen LogP) is 3.43. The second-order valence-corrected chi connectivity index (χ2v) is 9.36. The fourth-order valence-electron chi connectivity index (χ4n) is 1.93. The molecule has 0 saturated carbocycles. The lowest BCUT2D eigenvalue weighted by Crippen LogP contribution is -2.46. The summed E-state index contributed by atoms with van der Waals surface area (Å²) in [6, 6.07) is 0. The highest BCUT2D eigenvalue weighted by atomic mass is 28.3. The number of ether oxygens (including phenoxy) is 1. The number of nitrogens with zero attached hydrogens (tertiary/aromatic N) is 2. The van der Waals surface area contributed by atoms with Gasteiger partial charge >= 0.3 is 12.4 Å². The molecule has 1 aromatic heterocycles. The van der Waals surface area contributed by atoms with Crippen LogP contribution in [-0.4, -0.2) is 31.3 Å². The highest BCUT2D eigenvalue weighted by Gasteiger charge is 2.42. The van der Waals surface area contributed by atoms with Gasteiger partial charge in [0.25, 0.3) is 0 Å². The number of halogens is 6. The quantitative estimate of drug-likeness (QED) is 0.479. The summed E-state index contributed by atoms with van der Waals surface area (Å²) in [4.78, 5) is 6.39. The highest BCUT2D eigenvalue weighted by molar-refractivity contribution is 6.95. The van der Waals surface area contributed by atoms with Crippen LogP contribution in [0, 0.1) is 0 Å². The van der Waals surface area contributed by atoms with Gasteiger partial charge in [-0.15, -0.1) is 0 Å². The molecule has 0 aliphatic heterocycles. The van der Waals surface area contributed by atoms with Crippen molar-refractivity contribution < 1.29 is 31.1 Å². The number of hydrogen-bond acceptors (Lipinski definition) is 3. The minimum atomic E-state index is -4.70. The van der Waals surface area contributed by atoms with E-state index in [0.29, 0.717) is 0 Å². The zero-order chi connectivity index (χ0) is 17.3. The first-order chi connectivity index (χ1) is 9.81. The van der Waals surface area contributed by atoms with E-state index in [9.17, 15) is 26.3 Å². The zero-order valence-electron chi connectivity index (χ0n) is 12.2. The molecule has 0 fully saturated rings. The summed E-state index contributed by atoms with van der Waals surface area (Å²) in [5.74, 6) is -1.34. The standard InChI is InChI=1S/C12H14F6N2OSi/c1-7(11(13,14)15)9(21-2)22(3,4)8-5-19-10(20-6-8)12(16,17)18/h5-6H,1-4H3/b9-7-. The minimum Gasteiger partial charge on any atom is -0.506 e. The van der Waals surface area contributed by atoms with Crippen molar-refractivity contribution in [2.45, 2.75) is 32.4 Å². The van der Waals surface area contributed by atoms with Crippen molar-refractivity contribution in [3.8, 4) is 0 Å². The third kappa shape index (κ3) is 3.79. The van der Waals surface area contributed by atoms with E-state index in [0.717, 1.165) is 26.4 Å². The molecule has 0 atom stereocenters. The van der Waals surface area contributed by atoms with Crippen molar-refractivity contribution in [3.05, 3.63) is 29.2 Å². The Morgan fingerprint density at radius 2 is 1.50 bits per heavy atom. The molecule has 124 valence electrons. The van der Waals surface area contributed by atoms with Crippen molar-refractivity contribution in [2.75, 3.05) is 7.11 Å². The van der Waals surface area contributed by atoms with E-state index < -0.39 is 31.8 Å². The van der Waals surface area contributed by atoms with Crippen LogP contribution in [-0.2, 0) is 10.9 Å². The molecular formula is C12H14F6N2OSi. The maximum absolute atomic E-state index is 12.9. The van der Waals surface area contributed by atoms with E-state index >= 15 is 0 Å². The van der Waals surface area contributed by atoms with Crippen LogP contribution >= 0.6 is 0 Å². The third-order valence-corrected chi connectivity index (χ3v) is 6.58. The Morgan fingerprint density at radius 3 is 1.82 bits per heavy atom. The molecule has 0 spiro atoms. The van der Waals surface area contributed by atoms with Gasteiger partial charge in [-0.05, 0) is 12.1 Å². The molecule has 0 bridgehead atoms. The lowest BCUT2D eigenvalue weighted by molar-refractivity contribution is -0.144. The molecule has 10 heteroatoms. The second kappa shape index (κ2) is 5.90. The Hall–Kier alpha value is -1.58. The number of hydrogen-bond donors (Lipinski definition) is 0.